The lowest BCUT2D eigenvalue weighted by Gasteiger charge is -2.37. The van der Waals surface area contributed by atoms with Crippen LogP contribution >= 0.6 is 0 Å². The predicted molar refractivity (Wildman–Crippen MR) is 120 cm³/mol. The lowest BCUT2D eigenvalue weighted by molar-refractivity contribution is 0.356. The van der Waals surface area contributed by atoms with E-state index >= 15 is 0 Å². The van der Waals surface area contributed by atoms with Crippen LogP contribution in [0.4, 0.5) is 0 Å². The number of hydrogen-bond acceptors (Lipinski definition) is 3. The number of benzene rings is 3. The van der Waals surface area contributed by atoms with Gasteiger partial charge in [0.25, 0.3) is 0 Å². The van der Waals surface area contributed by atoms with E-state index in [2.05, 4.69) is 66.8 Å². The maximum Gasteiger partial charge on any atom is 0.118 e. The third-order valence-corrected chi connectivity index (χ3v) is 5.51. The van der Waals surface area contributed by atoms with E-state index in [1.54, 1.807) is 14.2 Å². The highest BCUT2D eigenvalue weighted by Gasteiger charge is 2.33. The van der Waals surface area contributed by atoms with Crippen molar-refractivity contribution in [3.8, 4) is 11.5 Å². The van der Waals surface area contributed by atoms with Crippen molar-refractivity contribution in [3.63, 3.8) is 0 Å². The second kappa shape index (κ2) is 10.1. The highest BCUT2D eigenvalue weighted by molar-refractivity contribution is 5.43. The number of hydrogen-bond donors (Lipinski definition) is 1. The molecule has 3 aromatic rings. The van der Waals surface area contributed by atoms with Gasteiger partial charge in [-0.2, -0.15) is 0 Å². The SMILES string of the molecule is CCCCC(NCc1ccccc1)(c1ccc(OC)cc1)c1ccc(OC)cc1. The van der Waals surface area contributed by atoms with Crippen molar-refractivity contribution in [2.45, 2.75) is 38.3 Å². The average molecular weight is 390 g/mol. The van der Waals surface area contributed by atoms with Gasteiger partial charge in [0.15, 0.2) is 0 Å². The van der Waals surface area contributed by atoms with Crippen LogP contribution in [0, 0.1) is 0 Å². The molecular formula is C26H31NO2. The lowest BCUT2D eigenvalue weighted by atomic mass is 9.78. The predicted octanol–water partition coefficient (Wildman–Crippen LogP) is 5.93. The molecule has 3 heteroatoms. The lowest BCUT2D eigenvalue weighted by Crippen LogP contribution is -2.43. The van der Waals surface area contributed by atoms with E-state index in [0.717, 1.165) is 37.3 Å². The van der Waals surface area contributed by atoms with Gasteiger partial charge >= 0.3 is 0 Å². The van der Waals surface area contributed by atoms with Gasteiger partial charge in [0.2, 0.25) is 0 Å². The third-order valence-electron chi connectivity index (χ3n) is 5.51. The zero-order chi connectivity index (χ0) is 20.5. The van der Waals surface area contributed by atoms with Gasteiger partial charge in [-0.1, -0.05) is 74.4 Å². The minimum atomic E-state index is -0.287. The summed E-state index contributed by atoms with van der Waals surface area (Å²) < 4.78 is 10.8. The molecule has 1 N–H and O–H groups in total. The Morgan fingerprint density at radius 1 is 0.724 bits per heavy atom. The van der Waals surface area contributed by atoms with Crippen molar-refractivity contribution in [2.75, 3.05) is 14.2 Å². The molecule has 0 aliphatic carbocycles. The van der Waals surface area contributed by atoms with Crippen molar-refractivity contribution < 1.29 is 9.47 Å². The molecule has 0 aliphatic heterocycles. The normalized spacial score (nSPS) is 11.3. The molecule has 0 saturated carbocycles. The molecule has 0 aliphatic rings. The van der Waals surface area contributed by atoms with Crippen LogP contribution in [0.25, 0.3) is 0 Å². The van der Waals surface area contributed by atoms with Crippen LogP contribution in [0.5, 0.6) is 11.5 Å². The fourth-order valence-electron chi connectivity index (χ4n) is 3.79. The molecule has 3 nitrogen and oxygen atoms in total. The number of ether oxygens (including phenoxy) is 2. The van der Waals surface area contributed by atoms with E-state index in [9.17, 15) is 0 Å². The van der Waals surface area contributed by atoms with Gasteiger partial charge in [-0.15, -0.1) is 0 Å². The van der Waals surface area contributed by atoms with Gasteiger partial charge in [0, 0.05) is 6.54 Å². The second-order valence-corrected chi connectivity index (χ2v) is 7.31. The first kappa shape index (κ1) is 20.9. The van der Waals surface area contributed by atoms with E-state index < -0.39 is 0 Å². The van der Waals surface area contributed by atoms with E-state index in [1.165, 1.54) is 16.7 Å². The van der Waals surface area contributed by atoms with Crippen molar-refractivity contribution in [1.82, 2.24) is 5.32 Å². The number of rotatable bonds is 10. The molecule has 152 valence electrons. The smallest absolute Gasteiger partial charge is 0.118 e. The molecule has 0 atom stereocenters. The molecule has 29 heavy (non-hydrogen) atoms. The van der Waals surface area contributed by atoms with Crippen LogP contribution in [-0.2, 0) is 12.1 Å². The summed E-state index contributed by atoms with van der Waals surface area (Å²) in [7, 11) is 3.41. The molecule has 0 bridgehead atoms. The quantitative estimate of drug-likeness (QED) is 0.466. The van der Waals surface area contributed by atoms with Crippen LogP contribution in [0.3, 0.4) is 0 Å². The minimum Gasteiger partial charge on any atom is -0.497 e. The van der Waals surface area contributed by atoms with Crippen molar-refractivity contribution >= 4 is 0 Å². The monoisotopic (exact) mass is 389 g/mol. The summed E-state index contributed by atoms with van der Waals surface area (Å²) >= 11 is 0. The summed E-state index contributed by atoms with van der Waals surface area (Å²) in [6, 6.07) is 27.5. The van der Waals surface area contributed by atoms with Gasteiger partial charge in [0.1, 0.15) is 11.5 Å². The highest BCUT2D eigenvalue weighted by Crippen LogP contribution is 2.37. The topological polar surface area (TPSA) is 30.5 Å². The summed E-state index contributed by atoms with van der Waals surface area (Å²) in [4.78, 5) is 0. The first-order chi connectivity index (χ1) is 14.2. The van der Waals surface area contributed by atoms with Gasteiger partial charge in [-0.05, 0) is 47.4 Å². The zero-order valence-corrected chi connectivity index (χ0v) is 17.7. The minimum absolute atomic E-state index is 0.287. The Bertz CT molecular complexity index is 810. The van der Waals surface area contributed by atoms with Crippen molar-refractivity contribution in [1.29, 1.82) is 0 Å². The molecule has 0 radical (unpaired) electrons. The first-order valence-corrected chi connectivity index (χ1v) is 10.3. The Balaban J connectivity index is 2.05. The summed E-state index contributed by atoms with van der Waals surface area (Å²) in [5.41, 5.74) is 3.47. The molecule has 3 rings (SSSR count). The van der Waals surface area contributed by atoms with Crippen LogP contribution in [0.1, 0.15) is 42.9 Å². The Labute approximate surface area is 174 Å². The fourth-order valence-corrected chi connectivity index (χ4v) is 3.79. The van der Waals surface area contributed by atoms with E-state index in [1.807, 2.05) is 24.3 Å². The highest BCUT2D eigenvalue weighted by atomic mass is 16.5. The maximum absolute atomic E-state index is 5.39. The fraction of sp³-hybridized carbons (Fsp3) is 0.308. The number of methoxy groups -OCH3 is 2. The number of unbranched alkanes of at least 4 members (excludes halogenated alkanes) is 1. The Morgan fingerprint density at radius 3 is 1.69 bits per heavy atom. The molecule has 0 unspecified atom stereocenters. The van der Waals surface area contributed by atoms with Gasteiger partial charge < -0.3 is 9.47 Å². The second-order valence-electron chi connectivity index (χ2n) is 7.31. The largest absolute Gasteiger partial charge is 0.497 e. The Hall–Kier alpha value is -2.78. The molecule has 0 amide bonds. The third kappa shape index (κ3) is 4.99. The van der Waals surface area contributed by atoms with Crippen molar-refractivity contribution in [2.24, 2.45) is 0 Å². The molecule has 3 aromatic carbocycles. The standard InChI is InChI=1S/C26H31NO2/c1-4-5-19-26(22-11-15-24(28-2)16-12-22,23-13-17-25(29-3)18-14-23)27-20-21-9-7-6-8-10-21/h6-18,27H,4-5,19-20H2,1-3H3. The Morgan fingerprint density at radius 2 is 1.24 bits per heavy atom. The first-order valence-electron chi connectivity index (χ1n) is 10.3. The van der Waals surface area contributed by atoms with Gasteiger partial charge in [0.05, 0.1) is 19.8 Å². The van der Waals surface area contributed by atoms with E-state index in [-0.39, 0.29) is 5.54 Å². The molecule has 0 saturated heterocycles. The van der Waals surface area contributed by atoms with E-state index in [4.69, 9.17) is 9.47 Å². The maximum atomic E-state index is 5.39. The molecular weight excluding hydrogens is 358 g/mol. The summed E-state index contributed by atoms with van der Waals surface area (Å²) in [5.74, 6) is 1.74. The van der Waals surface area contributed by atoms with Crippen LogP contribution in [0.2, 0.25) is 0 Å². The van der Waals surface area contributed by atoms with Crippen molar-refractivity contribution in [3.05, 3.63) is 95.6 Å². The summed E-state index contributed by atoms with van der Waals surface area (Å²) in [6.45, 7) is 3.03. The molecule has 0 fully saturated rings. The molecule has 0 aromatic heterocycles. The summed E-state index contributed by atoms with van der Waals surface area (Å²) in [6.07, 6.45) is 3.27. The van der Waals surface area contributed by atoms with Crippen LogP contribution < -0.4 is 14.8 Å². The van der Waals surface area contributed by atoms with Crippen LogP contribution in [-0.4, -0.2) is 14.2 Å². The van der Waals surface area contributed by atoms with E-state index in [0.29, 0.717) is 0 Å². The zero-order valence-electron chi connectivity index (χ0n) is 17.7. The molecule has 0 heterocycles. The molecule has 0 spiro atoms. The van der Waals surface area contributed by atoms with Crippen LogP contribution in [0.15, 0.2) is 78.9 Å². The Kier molecular flexibility index (Phi) is 7.31. The van der Waals surface area contributed by atoms with Gasteiger partial charge in [-0.3, -0.25) is 5.32 Å². The number of nitrogens with one attached hydrogen (secondary N) is 1. The average Bonchev–Trinajstić information content (AvgIpc) is 2.80. The summed E-state index contributed by atoms with van der Waals surface area (Å²) in [5, 5.41) is 3.91. The van der Waals surface area contributed by atoms with Gasteiger partial charge in [-0.25, -0.2) is 0 Å².